The van der Waals surface area contributed by atoms with Crippen LogP contribution in [0.4, 0.5) is 0 Å². The zero-order valence-electron chi connectivity index (χ0n) is 12.2. The van der Waals surface area contributed by atoms with Crippen LogP contribution in [0.25, 0.3) is 0 Å². The Morgan fingerprint density at radius 1 is 1.35 bits per heavy atom. The van der Waals surface area contributed by atoms with Gasteiger partial charge < -0.3 is 10.4 Å². The van der Waals surface area contributed by atoms with Gasteiger partial charge in [0.1, 0.15) is 0 Å². The molecule has 0 atom stereocenters. The Kier molecular flexibility index (Phi) is 3.31. The first-order valence-electron chi connectivity index (χ1n) is 6.59. The molecule has 20 heavy (non-hydrogen) atoms. The fraction of sp³-hybridized carbons (Fsp3) is 0.692. The quantitative estimate of drug-likeness (QED) is 0.830. The van der Waals surface area contributed by atoms with Gasteiger partial charge in [-0.25, -0.2) is 9.48 Å². The Bertz CT molecular complexity index is 534. The highest BCUT2D eigenvalue weighted by Gasteiger charge is 2.68. The molecular weight excluding hydrogens is 260 g/mol. The molecule has 7 heteroatoms. The Morgan fingerprint density at radius 3 is 2.40 bits per heavy atom. The summed E-state index contributed by atoms with van der Waals surface area (Å²) in [7, 11) is 0. The lowest BCUT2D eigenvalue weighted by Gasteiger charge is -2.06. The van der Waals surface area contributed by atoms with E-state index in [0.29, 0.717) is 13.1 Å². The third kappa shape index (κ3) is 2.28. The topological polar surface area (TPSA) is 97.1 Å². The molecule has 2 rings (SSSR count). The number of carbonyl (C=O) groups excluding carboxylic acids is 1. The standard InChI is InChI=1S/C13H20N4O3/c1-12(2)9(13(12,3)4)10(18)14-5-6-17-7-8(11(19)20)15-16-17/h7,9H,5-6H2,1-4H3,(H,14,18)(H,19,20). The van der Waals surface area contributed by atoms with Crippen molar-refractivity contribution < 1.29 is 14.7 Å². The highest BCUT2D eigenvalue weighted by atomic mass is 16.4. The SMILES string of the molecule is CC1(C)C(C(=O)NCCn2cc(C(=O)O)nn2)C1(C)C. The molecule has 7 nitrogen and oxygen atoms in total. The van der Waals surface area contributed by atoms with Gasteiger partial charge in [0.05, 0.1) is 12.7 Å². The van der Waals surface area contributed by atoms with E-state index in [1.807, 2.05) is 0 Å². The van der Waals surface area contributed by atoms with Gasteiger partial charge in [-0.2, -0.15) is 0 Å². The van der Waals surface area contributed by atoms with Gasteiger partial charge in [-0.15, -0.1) is 5.10 Å². The number of amides is 1. The maximum Gasteiger partial charge on any atom is 0.358 e. The van der Waals surface area contributed by atoms with Gasteiger partial charge in [0.25, 0.3) is 0 Å². The van der Waals surface area contributed by atoms with Crippen molar-refractivity contribution in [2.24, 2.45) is 16.7 Å². The van der Waals surface area contributed by atoms with Crippen LogP contribution in [-0.4, -0.2) is 38.5 Å². The Labute approximate surface area is 117 Å². The van der Waals surface area contributed by atoms with Crippen molar-refractivity contribution >= 4 is 11.9 Å². The maximum absolute atomic E-state index is 12.1. The van der Waals surface area contributed by atoms with Crippen molar-refractivity contribution in [1.82, 2.24) is 20.3 Å². The molecule has 1 saturated carbocycles. The molecule has 1 fully saturated rings. The van der Waals surface area contributed by atoms with Gasteiger partial charge in [-0.1, -0.05) is 32.9 Å². The van der Waals surface area contributed by atoms with E-state index in [-0.39, 0.29) is 28.3 Å². The van der Waals surface area contributed by atoms with E-state index in [2.05, 4.69) is 43.3 Å². The number of carbonyl (C=O) groups is 2. The molecule has 1 heterocycles. The van der Waals surface area contributed by atoms with E-state index >= 15 is 0 Å². The molecule has 0 unspecified atom stereocenters. The molecule has 2 N–H and O–H groups in total. The van der Waals surface area contributed by atoms with Gasteiger partial charge in [0, 0.05) is 12.5 Å². The first-order chi connectivity index (χ1) is 9.18. The van der Waals surface area contributed by atoms with Crippen molar-refractivity contribution in [3.63, 3.8) is 0 Å². The second kappa shape index (κ2) is 4.57. The highest BCUT2D eigenvalue weighted by Crippen LogP contribution is 2.68. The van der Waals surface area contributed by atoms with Crippen LogP contribution in [-0.2, 0) is 11.3 Å². The third-order valence-corrected chi connectivity index (χ3v) is 4.68. The summed E-state index contributed by atoms with van der Waals surface area (Å²) in [6.45, 7) is 9.17. The van der Waals surface area contributed by atoms with E-state index in [1.54, 1.807) is 0 Å². The first-order valence-corrected chi connectivity index (χ1v) is 6.59. The second-order valence-electron chi connectivity index (χ2n) is 6.34. The average Bonchev–Trinajstić information content (AvgIpc) is 2.69. The summed E-state index contributed by atoms with van der Waals surface area (Å²) in [5, 5.41) is 18.8. The molecule has 1 aromatic heterocycles. The van der Waals surface area contributed by atoms with E-state index in [1.165, 1.54) is 10.9 Å². The molecule has 1 aliphatic carbocycles. The molecule has 110 valence electrons. The van der Waals surface area contributed by atoms with Crippen LogP contribution < -0.4 is 5.32 Å². The van der Waals surface area contributed by atoms with Gasteiger partial charge >= 0.3 is 5.97 Å². The van der Waals surface area contributed by atoms with E-state index in [9.17, 15) is 9.59 Å². The molecular formula is C13H20N4O3. The molecule has 1 amide bonds. The van der Waals surface area contributed by atoms with Gasteiger partial charge in [0.15, 0.2) is 5.69 Å². The van der Waals surface area contributed by atoms with E-state index in [4.69, 9.17) is 5.11 Å². The van der Waals surface area contributed by atoms with Crippen molar-refractivity contribution in [3.05, 3.63) is 11.9 Å². The van der Waals surface area contributed by atoms with Gasteiger partial charge in [-0.05, 0) is 10.8 Å². The normalized spacial score (nSPS) is 19.6. The minimum absolute atomic E-state index is 0.0142. The fourth-order valence-electron chi connectivity index (χ4n) is 2.75. The van der Waals surface area contributed by atoms with Crippen LogP contribution in [0.5, 0.6) is 0 Å². The number of rotatable bonds is 5. The number of carboxylic acid groups (broad SMARTS) is 1. The lowest BCUT2D eigenvalue weighted by molar-refractivity contribution is -0.123. The Hall–Kier alpha value is -1.92. The van der Waals surface area contributed by atoms with Crippen molar-refractivity contribution in [2.45, 2.75) is 34.2 Å². The van der Waals surface area contributed by atoms with Crippen molar-refractivity contribution in [1.29, 1.82) is 0 Å². The number of carboxylic acids is 1. The Morgan fingerprint density at radius 2 is 1.95 bits per heavy atom. The van der Waals surface area contributed by atoms with Crippen molar-refractivity contribution in [2.75, 3.05) is 6.54 Å². The molecule has 1 aliphatic rings. The molecule has 0 bridgehead atoms. The summed E-state index contributed by atoms with van der Waals surface area (Å²) in [5.41, 5.74) is -0.0671. The lowest BCUT2D eigenvalue weighted by atomic mass is 10.0. The van der Waals surface area contributed by atoms with Crippen molar-refractivity contribution in [3.8, 4) is 0 Å². The molecule has 0 saturated heterocycles. The second-order valence-corrected chi connectivity index (χ2v) is 6.34. The predicted molar refractivity (Wildman–Crippen MR) is 71.0 cm³/mol. The fourth-order valence-corrected chi connectivity index (χ4v) is 2.75. The number of hydrogen-bond donors (Lipinski definition) is 2. The van der Waals surface area contributed by atoms with E-state index in [0.717, 1.165) is 0 Å². The van der Waals surface area contributed by atoms with Crippen LogP contribution in [0.2, 0.25) is 0 Å². The van der Waals surface area contributed by atoms with E-state index < -0.39 is 5.97 Å². The van der Waals surface area contributed by atoms with Crippen LogP contribution >= 0.6 is 0 Å². The van der Waals surface area contributed by atoms with Crippen LogP contribution in [0.3, 0.4) is 0 Å². The number of hydrogen-bond acceptors (Lipinski definition) is 4. The maximum atomic E-state index is 12.1. The number of aromatic carboxylic acids is 1. The largest absolute Gasteiger partial charge is 0.476 e. The van der Waals surface area contributed by atoms with Crippen LogP contribution in [0.15, 0.2) is 6.20 Å². The summed E-state index contributed by atoms with van der Waals surface area (Å²) < 4.78 is 1.41. The lowest BCUT2D eigenvalue weighted by Crippen LogP contribution is -2.30. The summed E-state index contributed by atoms with van der Waals surface area (Å²) in [6, 6.07) is 0. The zero-order chi connectivity index (χ0) is 15.1. The minimum atomic E-state index is -1.11. The molecule has 0 aliphatic heterocycles. The Balaban J connectivity index is 1.82. The summed E-state index contributed by atoms with van der Waals surface area (Å²) in [5.74, 6) is -1.05. The van der Waals surface area contributed by atoms with Crippen LogP contribution in [0, 0.1) is 16.7 Å². The third-order valence-electron chi connectivity index (χ3n) is 4.68. The molecule has 0 aromatic carbocycles. The van der Waals surface area contributed by atoms with Crippen LogP contribution in [0.1, 0.15) is 38.2 Å². The highest BCUT2D eigenvalue weighted by molar-refractivity contribution is 5.85. The first kappa shape index (κ1) is 14.5. The number of nitrogens with one attached hydrogen (secondary N) is 1. The summed E-state index contributed by atoms with van der Waals surface area (Å²) in [6.07, 6.45) is 1.35. The molecule has 1 aromatic rings. The zero-order valence-corrected chi connectivity index (χ0v) is 12.2. The van der Waals surface area contributed by atoms with Gasteiger partial charge in [0.2, 0.25) is 5.91 Å². The molecule has 0 radical (unpaired) electrons. The summed E-state index contributed by atoms with van der Waals surface area (Å²) >= 11 is 0. The number of nitrogens with zero attached hydrogens (tertiary/aromatic N) is 3. The number of aromatic nitrogens is 3. The minimum Gasteiger partial charge on any atom is -0.476 e. The monoisotopic (exact) mass is 280 g/mol. The van der Waals surface area contributed by atoms with Gasteiger partial charge in [-0.3, -0.25) is 4.79 Å². The smallest absolute Gasteiger partial charge is 0.358 e. The predicted octanol–water partition coefficient (Wildman–Crippen LogP) is 0.775. The molecule has 0 spiro atoms. The summed E-state index contributed by atoms with van der Waals surface area (Å²) in [4.78, 5) is 22.7. The average molecular weight is 280 g/mol.